The van der Waals surface area contributed by atoms with Crippen molar-refractivity contribution in [2.75, 3.05) is 28.1 Å². The summed E-state index contributed by atoms with van der Waals surface area (Å²) in [5, 5.41) is 3.21. The molecule has 1 saturated carbocycles. The number of benzene rings is 2. The third-order valence-corrected chi connectivity index (χ3v) is 7.30. The van der Waals surface area contributed by atoms with Gasteiger partial charge >= 0.3 is 0 Å². The number of nitrogens with one attached hydrogen (secondary N) is 1. The van der Waals surface area contributed by atoms with Gasteiger partial charge in [0.2, 0.25) is 18.4 Å². The monoisotopic (exact) mass is 550 g/mol. The molecule has 2 heterocycles. The van der Waals surface area contributed by atoms with Gasteiger partial charge < -0.3 is 38.3 Å². The second-order valence-corrected chi connectivity index (χ2v) is 9.80. The van der Waals surface area contributed by atoms with Gasteiger partial charge in [-0.15, -0.1) is 0 Å². The van der Waals surface area contributed by atoms with Crippen LogP contribution in [0, 0.1) is 0 Å². The summed E-state index contributed by atoms with van der Waals surface area (Å²) >= 11 is 0. The van der Waals surface area contributed by atoms with Crippen LogP contribution in [0.3, 0.4) is 0 Å². The number of hydrogen-bond donors (Lipinski definition) is 1. The van der Waals surface area contributed by atoms with E-state index in [-0.39, 0.29) is 31.0 Å². The Labute approximate surface area is 233 Å². The van der Waals surface area contributed by atoms with Crippen molar-refractivity contribution in [3.63, 3.8) is 0 Å². The van der Waals surface area contributed by atoms with Gasteiger partial charge in [0.25, 0.3) is 5.91 Å². The number of fused-ring (bicyclic) bond motifs is 1. The van der Waals surface area contributed by atoms with Crippen LogP contribution < -0.4 is 29.0 Å². The van der Waals surface area contributed by atoms with Crippen molar-refractivity contribution in [3.8, 4) is 28.7 Å². The first kappa shape index (κ1) is 27.2. The maximum Gasteiger partial charge on any atom is 0.290 e. The Bertz CT molecular complexity index is 1310. The van der Waals surface area contributed by atoms with Gasteiger partial charge in [-0.1, -0.05) is 25.3 Å². The minimum Gasteiger partial charge on any atom is -0.493 e. The second kappa shape index (κ2) is 12.2. The molecule has 40 heavy (non-hydrogen) atoms. The molecule has 0 saturated heterocycles. The molecule has 2 aliphatic rings. The van der Waals surface area contributed by atoms with Crippen LogP contribution in [0.5, 0.6) is 28.7 Å². The maximum absolute atomic E-state index is 14.2. The van der Waals surface area contributed by atoms with Gasteiger partial charge in [0.15, 0.2) is 28.8 Å². The molecule has 1 N–H and O–H groups in total. The fourth-order valence-electron chi connectivity index (χ4n) is 5.32. The van der Waals surface area contributed by atoms with Gasteiger partial charge in [-0.3, -0.25) is 9.59 Å². The summed E-state index contributed by atoms with van der Waals surface area (Å²) in [4.78, 5) is 29.7. The molecular weight excluding hydrogens is 516 g/mol. The fraction of sp³-hybridized carbons (Fsp3) is 0.400. The van der Waals surface area contributed by atoms with Crippen LogP contribution in [0.25, 0.3) is 0 Å². The lowest BCUT2D eigenvalue weighted by Crippen LogP contribution is -2.46. The minimum atomic E-state index is -1.04. The maximum atomic E-state index is 14.2. The van der Waals surface area contributed by atoms with Crippen LogP contribution >= 0.6 is 0 Å². The number of furan rings is 1. The summed E-state index contributed by atoms with van der Waals surface area (Å²) in [6.07, 6.45) is 6.46. The molecule has 10 heteroatoms. The number of methoxy groups -OCH3 is 3. The number of ether oxygens (including phenoxy) is 5. The van der Waals surface area contributed by atoms with E-state index in [4.69, 9.17) is 28.1 Å². The molecule has 0 bridgehead atoms. The molecule has 2 aromatic carbocycles. The number of rotatable bonds is 10. The van der Waals surface area contributed by atoms with Gasteiger partial charge in [-0.25, -0.2) is 0 Å². The summed E-state index contributed by atoms with van der Waals surface area (Å²) in [5.74, 6) is 1.72. The third kappa shape index (κ3) is 5.66. The molecule has 1 aromatic heterocycles. The number of hydrogen-bond acceptors (Lipinski definition) is 8. The molecule has 0 spiro atoms. The van der Waals surface area contributed by atoms with Crippen molar-refractivity contribution in [2.45, 2.75) is 50.7 Å². The van der Waals surface area contributed by atoms with Crippen LogP contribution in [0.4, 0.5) is 0 Å². The SMILES string of the molecule is COc1cc([C@@H](C(=O)NC2CCCCC2)N(Cc2ccc3c(c2)OCO3)C(=O)c2ccco2)cc(OC)c1OC. The van der Waals surface area contributed by atoms with Crippen LogP contribution in [0.2, 0.25) is 0 Å². The lowest BCUT2D eigenvalue weighted by atomic mass is 9.94. The highest BCUT2D eigenvalue weighted by atomic mass is 16.7. The van der Waals surface area contributed by atoms with E-state index in [0.717, 1.165) is 37.7 Å². The quantitative estimate of drug-likeness (QED) is 0.381. The Hall–Kier alpha value is -4.34. The molecule has 5 rings (SSSR count). The molecule has 1 aliphatic carbocycles. The van der Waals surface area contributed by atoms with Gasteiger partial charge in [0.1, 0.15) is 6.04 Å². The topological polar surface area (TPSA) is 109 Å². The average Bonchev–Trinajstić information content (AvgIpc) is 3.69. The van der Waals surface area contributed by atoms with E-state index in [9.17, 15) is 9.59 Å². The van der Waals surface area contributed by atoms with Crippen molar-refractivity contribution < 1.29 is 37.7 Å². The smallest absolute Gasteiger partial charge is 0.290 e. The van der Waals surface area contributed by atoms with Crippen molar-refractivity contribution >= 4 is 11.8 Å². The first-order valence-corrected chi connectivity index (χ1v) is 13.4. The molecule has 1 atom stereocenters. The van der Waals surface area contributed by atoms with Crippen molar-refractivity contribution in [2.24, 2.45) is 0 Å². The highest BCUT2D eigenvalue weighted by Crippen LogP contribution is 2.42. The normalized spacial score (nSPS) is 15.3. The van der Waals surface area contributed by atoms with E-state index < -0.39 is 11.9 Å². The molecule has 1 aliphatic heterocycles. The highest BCUT2D eigenvalue weighted by Gasteiger charge is 2.36. The van der Waals surface area contributed by atoms with E-state index in [1.807, 2.05) is 12.1 Å². The van der Waals surface area contributed by atoms with Crippen molar-refractivity contribution in [1.29, 1.82) is 0 Å². The standard InChI is InChI=1S/C30H34N2O8/c1-35-25-15-20(16-26(36-2)28(25)37-3)27(29(33)31-21-8-5-4-6-9-21)32(30(34)23-10-7-13-38-23)17-19-11-12-22-24(14-19)40-18-39-22/h7,10-16,21,27H,4-6,8-9,17-18H2,1-3H3,(H,31,33)/t27-/m0/s1. The molecular formula is C30H34N2O8. The van der Waals surface area contributed by atoms with Crippen LogP contribution in [-0.2, 0) is 11.3 Å². The van der Waals surface area contributed by atoms with Crippen LogP contribution in [0.15, 0.2) is 53.1 Å². The Balaban J connectivity index is 1.60. The molecule has 1 fully saturated rings. The molecule has 0 unspecified atom stereocenters. The average molecular weight is 551 g/mol. The molecule has 2 amide bonds. The van der Waals surface area contributed by atoms with E-state index in [2.05, 4.69) is 5.32 Å². The van der Waals surface area contributed by atoms with Gasteiger partial charge in [-0.2, -0.15) is 0 Å². The zero-order valence-corrected chi connectivity index (χ0v) is 22.9. The Morgan fingerprint density at radius 2 is 1.68 bits per heavy atom. The molecule has 3 aromatic rings. The predicted molar refractivity (Wildman–Crippen MR) is 145 cm³/mol. The minimum absolute atomic E-state index is 0.0249. The van der Waals surface area contributed by atoms with E-state index >= 15 is 0 Å². The number of carbonyl (C=O) groups is 2. The number of nitrogens with zero attached hydrogens (tertiary/aromatic N) is 1. The van der Waals surface area contributed by atoms with Crippen molar-refractivity contribution in [1.82, 2.24) is 10.2 Å². The van der Waals surface area contributed by atoms with Gasteiger partial charge in [-0.05, 0) is 60.4 Å². The molecule has 10 nitrogen and oxygen atoms in total. The first-order valence-electron chi connectivity index (χ1n) is 13.4. The Morgan fingerprint density at radius 3 is 2.33 bits per heavy atom. The Kier molecular flexibility index (Phi) is 8.33. The first-order chi connectivity index (χ1) is 19.5. The van der Waals surface area contributed by atoms with E-state index in [0.29, 0.717) is 34.3 Å². The lowest BCUT2D eigenvalue weighted by Gasteiger charge is -2.33. The highest BCUT2D eigenvalue weighted by molar-refractivity contribution is 5.96. The van der Waals surface area contributed by atoms with Gasteiger partial charge in [0.05, 0.1) is 27.6 Å². The summed E-state index contributed by atoms with van der Waals surface area (Å²) < 4.78 is 33.2. The second-order valence-electron chi connectivity index (χ2n) is 9.80. The largest absolute Gasteiger partial charge is 0.493 e. The number of amides is 2. The zero-order valence-electron chi connectivity index (χ0n) is 22.9. The Morgan fingerprint density at radius 1 is 0.950 bits per heavy atom. The third-order valence-electron chi connectivity index (χ3n) is 7.30. The summed E-state index contributed by atoms with van der Waals surface area (Å²) in [5.41, 5.74) is 1.26. The van der Waals surface area contributed by atoms with E-state index in [1.54, 1.807) is 30.3 Å². The lowest BCUT2D eigenvalue weighted by molar-refractivity contribution is -0.127. The summed E-state index contributed by atoms with van der Waals surface area (Å²) in [6.45, 7) is 0.223. The molecule has 212 valence electrons. The van der Waals surface area contributed by atoms with E-state index in [1.165, 1.54) is 32.5 Å². The number of carbonyl (C=O) groups excluding carboxylic acids is 2. The zero-order chi connectivity index (χ0) is 28.1. The summed E-state index contributed by atoms with van der Waals surface area (Å²) in [6, 6.07) is 11.1. The predicted octanol–water partition coefficient (Wildman–Crippen LogP) is 4.87. The van der Waals surface area contributed by atoms with Gasteiger partial charge in [0, 0.05) is 12.6 Å². The summed E-state index contributed by atoms with van der Waals surface area (Å²) in [7, 11) is 4.53. The van der Waals surface area contributed by atoms with Crippen LogP contribution in [0.1, 0.15) is 59.8 Å². The van der Waals surface area contributed by atoms with Crippen molar-refractivity contribution in [3.05, 3.63) is 65.6 Å². The molecule has 0 radical (unpaired) electrons. The fourth-order valence-corrected chi connectivity index (χ4v) is 5.32. The van der Waals surface area contributed by atoms with Crippen LogP contribution in [-0.4, -0.2) is 50.9 Å².